The number of nitrogens with two attached hydrogens (primary N) is 1. The second-order valence-electron chi connectivity index (χ2n) is 5.97. The predicted octanol–water partition coefficient (Wildman–Crippen LogP) is 1.97. The normalized spacial score (nSPS) is 11.3. The van der Waals surface area contributed by atoms with E-state index in [1.807, 2.05) is 6.07 Å². The number of carbonyl (C=O) groups is 2. The van der Waals surface area contributed by atoms with Gasteiger partial charge in [0.2, 0.25) is 21.8 Å². The maximum absolute atomic E-state index is 12.6. The Kier molecular flexibility index (Phi) is 7.09. The average molecular weight is 389 g/mol. The second-order valence-corrected chi connectivity index (χ2v) is 7.94. The SMILES string of the molecule is CCN(CCC(=O)Nc1ccc(C(N)=O)cc1)S(=O)(=O)Cc1ccccc1. The molecule has 0 aliphatic rings. The smallest absolute Gasteiger partial charge is 0.248 e. The van der Waals surface area contributed by atoms with Crippen LogP contribution >= 0.6 is 0 Å². The number of carbonyl (C=O) groups excluding carboxylic acids is 2. The van der Waals surface area contributed by atoms with Gasteiger partial charge in [0.05, 0.1) is 5.75 Å². The third kappa shape index (κ3) is 6.19. The average Bonchev–Trinajstić information content (AvgIpc) is 2.63. The van der Waals surface area contributed by atoms with Crippen molar-refractivity contribution in [2.45, 2.75) is 19.1 Å². The fraction of sp³-hybridized carbons (Fsp3) is 0.263. The van der Waals surface area contributed by atoms with E-state index in [1.165, 1.54) is 16.4 Å². The minimum atomic E-state index is -3.51. The van der Waals surface area contributed by atoms with Gasteiger partial charge in [-0.25, -0.2) is 12.7 Å². The molecule has 0 radical (unpaired) electrons. The highest BCUT2D eigenvalue weighted by molar-refractivity contribution is 7.88. The molecule has 27 heavy (non-hydrogen) atoms. The van der Waals surface area contributed by atoms with Crippen LogP contribution in [0.3, 0.4) is 0 Å². The molecule has 2 rings (SSSR count). The number of benzene rings is 2. The van der Waals surface area contributed by atoms with Crippen LogP contribution in [-0.2, 0) is 20.6 Å². The number of nitrogens with zero attached hydrogens (tertiary/aromatic N) is 1. The molecule has 0 heterocycles. The third-order valence-electron chi connectivity index (χ3n) is 3.98. The Hall–Kier alpha value is -2.71. The number of hydrogen-bond acceptors (Lipinski definition) is 4. The summed E-state index contributed by atoms with van der Waals surface area (Å²) in [5.74, 6) is -0.956. The largest absolute Gasteiger partial charge is 0.366 e. The van der Waals surface area contributed by atoms with Gasteiger partial charge >= 0.3 is 0 Å². The topological polar surface area (TPSA) is 110 Å². The molecule has 144 valence electrons. The van der Waals surface area contributed by atoms with Crippen molar-refractivity contribution in [2.75, 3.05) is 18.4 Å². The van der Waals surface area contributed by atoms with Gasteiger partial charge in [-0.1, -0.05) is 37.3 Å². The summed E-state index contributed by atoms with van der Waals surface area (Å²) in [5.41, 5.74) is 6.73. The quantitative estimate of drug-likeness (QED) is 0.683. The molecule has 0 aliphatic carbocycles. The van der Waals surface area contributed by atoms with Crippen LogP contribution in [0.25, 0.3) is 0 Å². The number of hydrogen-bond donors (Lipinski definition) is 2. The molecule has 3 N–H and O–H groups in total. The highest BCUT2D eigenvalue weighted by atomic mass is 32.2. The first-order chi connectivity index (χ1) is 12.8. The molecule has 0 atom stereocenters. The third-order valence-corrected chi connectivity index (χ3v) is 5.91. The van der Waals surface area contributed by atoms with Gasteiger partial charge in [0.25, 0.3) is 0 Å². The molecule has 0 fully saturated rings. The summed E-state index contributed by atoms with van der Waals surface area (Å²) in [4.78, 5) is 23.2. The van der Waals surface area contributed by atoms with E-state index in [1.54, 1.807) is 43.3 Å². The molecule has 0 aliphatic heterocycles. The Labute approximate surface area is 159 Å². The van der Waals surface area contributed by atoms with Crippen LogP contribution in [0.1, 0.15) is 29.3 Å². The maximum Gasteiger partial charge on any atom is 0.248 e. The number of primary amides is 1. The first kappa shape index (κ1) is 20.6. The Morgan fingerprint density at radius 3 is 2.22 bits per heavy atom. The van der Waals surface area contributed by atoms with Gasteiger partial charge in [0.15, 0.2) is 0 Å². The van der Waals surface area contributed by atoms with E-state index in [2.05, 4.69) is 5.32 Å². The number of rotatable bonds is 9. The van der Waals surface area contributed by atoms with E-state index in [0.29, 0.717) is 16.8 Å². The van der Waals surface area contributed by atoms with Crippen LogP contribution in [0, 0.1) is 0 Å². The van der Waals surface area contributed by atoms with Crippen molar-refractivity contribution in [1.29, 1.82) is 0 Å². The van der Waals surface area contributed by atoms with Crippen LogP contribution in [0.2, 0.25) is 0 Å². The van der Waals surface area contributed by atoms with Gasteiger partial charge in [-0.05, 0) is 29.8 Å². The second kappa shape index (κ2) is 9.29. The van der Waals surface area contributed by atoms with E-state index in [9.17, 15) is 18.0 Å². The van der Waals surface area contributed by atoms with Gasteiger partial charge in [-0.3, -0.25) is 9.59 Å². The Morgan fingerprint density at radius 2 is 1.67 bits per heavy atom. The highest BCUT2D eigenvalue weighted by Crippen LogP contribution is 2.13. The fourth-order valence-corrected chi connectivity index (χ4v) is 4.10. The monoisotopic (exact) mass is 389 g/mol. The Bertz CT molecular complexity index is 881. The lowest BCUT2D eigenvalue weighted by atomic mass is 10.2. The van der Waals surface area contributed by atoms with E-state index in [-0.39, 0.29) is 31.2 Å². The van der Waals surface area contributed by atoms with Crippen LogP contribution in [0.5, 0.6) is 0 Å². The van der Waals surface area contributed by atoms with E-state index in [0.717, 1.165) is 0 Å². The summed E-state index contributed by atoms with van der Waals surface area (Å²) >= 11 is 0. The summed E-state index contributed by atoms with van der Waals surface area (Å²) in [6.07, 6.45) is 0.0272. The van der Waals surface area contributed by atoms with E-state index in [4.69, 9.17) is 5.73 Å². The number of sulfonamides is 1. The van der Waals surface area contributed by atoms with Gasteiger partial charge in [-0.2, -0.15) is 0 Å². The maximum atomic E-state index is 12.6. The van der Waals surface area contributed by atoms with E-state index >= 15 is 0 Å². The standard InChI is InChI=1S/C19H23N3O4S/c1-2-22(27(25,26)14-15-6-4-3-5-7-15)13-12-18(23)21-17-10-8-16(9-11-17)19(20)24/h3-11H,2,12-14H2,1H3,(H2,20,24)(H,21,23). The summed E-state index contributed by atoms with van der Waals surface area (Å²) in [6, 6.07) is 15.1. The first-order valence-corrected chi connectivity index (χ1v) is 10.1. The van der Waals surface area contributed by atoms with Crippen LogP contribution < -0.4 is 11.1 Å². The van der Waals surface area contributed by atoms with E-state index < -0.39 is 15.9 Å². The van der Waals surface area contributed by atoms with Crippen molar-refractivity contribution in [3.63, 3.8) is 0 Å². The van der Waals surface area contributed by atoms with Crippen molar-refractivity contribution in [3.05, 3.63) is 65.7 Å². The lowest BCUT2D eigenvalue weighted by molar-refractivity contribution is -0.116. The lowest BCUT2D eigenvalue weighted by Crippen LogP contribution is -2.34. The first-order valence-electron chi connectivity index (χ1n) is 8.53. The van der Waals surface area contributed by atoms with Gasteiger partial charge in [0, 0.05) is 30.8 Å². The fourth-order valence-electron chi connectivity index (χ4n) is 2.54. The molecular formula is C19H23N3O4S. The van der Waals surface area contributed by atoms with Crippen LogP contribution in [0.15, 0.2) is 54.6 Å². The zero-order chi connectivity index (χ0) is 19.9. The number of nitrogens with one attached hydrogen (secondary N) is 1. The van der Waals surface area contributed by atoms with Gasteiger partial charge in [-0.15, -0.1) is 0 Å². The molecule has 0 bridgehead atoms. The minimum Gasteiger partial charge on any atom is -0.366 e. The molecule has 2 aromatic carbocycles. The van der Waals surface area contributed by atoms with Crippen molar-refractivity contribution in [3.8, 4) is 0 Å². The number of amides is 2. The molecular weight excluding hydrogens is 366 g/mol. The summed E-state index contributed by atoms with van der Waals surface area (Å²) in [7, 11) is -3.51. The number of anilines is 1. The molecule has 0 spiro atoms. The van der Waals surface area contributed by atoms with Crippen molar-refractivity contribution in [2.24, 2.45) is 5.73 Å². The lowest BCUT2D eigenvalue weighted by Gasteiger charge is -2.20. The molecule has 8 heteroatoms. The van der Waals surface area contributed by atoms with Gasteiger partial charge < -0.3 is 11.1 Å². The summed E-state index contributed by atoms with van der Waals surface area (Å²) < 4.78 is 26.4. The molecule has 0 saturated carbocycles. The molecule has 0 aromatic heterocycles. The van der Waals surface area contributed by atoms with Crippen LogP contribution in [-0.4, -0.2) is 37.6 Å². The van der Waals surface area contributed by atoms with Crippen molar-refractivity contribution in [1.82, 2.24) is 4.31 Å². The Balaban J connectivity index is 1.92. The zero-order valence-electron chi connectivity index (χ0n) is 15.1. The molecule has 7 nitrogen and oxygen atoms in total. The minimum absolute atomic E-state index is 0.0272. The molecule has 2 amide bonds. The summed E-state index contributed by atoms with van der Waals surface area (Å²) in [6.45, 7) is 2.12. The predicted molar refractivity (Wildman–Crippen MR) is 105 cm³/mol. The molecule has 0 saturated heterocycles. The Morgan fingerprint density at radius 1 is 1.04 bits per heavy atom. The highest BCUT2D eigenvalue weighted by Gasteiger charge is 2.21. The van der Waals surface area contributed by atoms with Gasteiger partial charge in [0.1, 0.15) is 0 Å². The van der Waals surface area contributed by atoms with Crippen molar-refractivity contribution >= 4 is 27.5 Å². The summed E-state index contributed by atoms with van der Waals surface area (Å²) in [5, 5.41) is 2.68. The molecule has 0 unspecified atom stereocenters. The van der Waals surface area contributed by atoms with Crippen molar-refractivity contribution < 1.29 is 18.0 Å². The zero-order valence-corrected chi connectivity index (χ0v) is 15.9. The molecule has 2 aromatic rings. The van der Waals surface area contributed by atoms with Crippen LogP contribution in [0.4, 0.5) is 5.69 Å².